The second kappa shape index (κ2) is 10.0. The van der Waals surface area contributed by atoms with Gasteiger partial charge in [0.15, 0.2) is 11.6 Å². The highest BCUT2D eigenvalue weighted by molar-refractivity contribution is 5.94. The van der Waals surface area contributed by atoms with Crippen LogP contribution in [0.15, 0.2) is 79.4 Å². The van der Waals surface area contributed by atoms with Gasteiger partial charge in [-0.3, -0.25) is 9.78 Å². The van der Waals surface area contributed by atoms with Crippen LogP contribution in [-0.2, 0) is 19.6 Å². The van der Waals surface area contributed by atoms with Crippen molar-refractivity contribution < 1.29 is 18.3 Å². The molecule has 0 atom stereocenters. The molecule has 2 aromatic heterocycles. The van der Waals surface area contributed by atoms with E-state index in [0.717, 1.165) is 17.7 Å². The molecule has 0 aliphatic heterocycles. The molecule has 168 valence electrons. The molecule has 0 saturated heterocycles. The molecule has 0 aliphatic carbocycles. The van der Waals surface area contributed by atoms with E-state index in [2.05, 4.69) is 9.97 Å². The highest BCUT2D eigenvalue weighted by atomic mass is 19.2. The maximum atomic E-state index is 13.6. The monoisotopic (exact) mass is 448 g/mol. The number of hydrogen-bond donors (Lipinski definition) is 0. The van der Waals surface area contributed by atoms with Gasteiger partial charge in [0.1, 0.15) is 11.6 Å². The van der Waals surface area contributed by atoms with Gasteiger partial charge in [0, 0.05) is 43.4 Å². The van der Waals surface area contributed by atoms with Crippen LogP contribution in [0.5, 0.6) is 5.75 Å². The van der Waals surface area contributed by atoms with E-state index >= 15 is 0 Å². The van der Waals surface area contributed by atoms with Gasteiger partial charge in [-0.05, 0) is 47.5 Å². The summed E-state index contributed by atoms with van der Waals surface area (Å²) in [5.41, 5.74) is 1.94. The second-order valence-corrected chi connectivity index (χ2v) is 7.47. The van der Waals surface area contributed by atoms with Crippen LogP contribution >= 0.6 is 0 Å². The van der Waals surface area contributed by atoms with Gasteiger partial charge in [-0.25, -0.2) is 13.8 Å². The molecule has 0 radical (unpaired) electrons. The summed E-state index contributed by atoms with van der Waals surface area (Å²) in [4.78, 5) is 23.6. The predicted octanol–water partition coefficient (Wildman–Crippen LogP) is 4.46. The standard InChI is InChI=1S/C25H22F2N4O2/c1-33-21-6-2-5-20(13-21)25(32)31(16-19-4-3-9-28-14-19)17-24-29-10-11-30(24)15-18-7-8-22(26)23(27)12-18/h2-14H,15-17H2,1H3. The smallest absolute Gasteiger partial charge is 0.254 e. The maximum Gasteiger partial charge on any atom is 0.254 e. The molecule has 33 heavy (non-hydrogen) atoms. The van der Waals surface area contributed by atoms with Crippen LogP contribution in [0.2, 0.25) is 0 Å². The zero-order valence-corrected chi connectivity index (χ0v) is 18.0. The van der Waals surface area contributed by atoms with Crippen LogP contribution in [0.25, 0.3) is 0 Å². The number of rotatable bonds is 8. The quantitative estimate of drug-likeness (QED) is 0.400. The first kappa shape index (κ1) is 22.1. The molecule has 0 N–H and O–H groups in total. The molecule has 4 aromatic rings. The van der Waals surface area contributed by atoms with Gasteiger partial charge in [-0.2, -0.15) is 0 Å². The van der Waals surface area contributed by atoms with Crippen LogP contribution in [-0.4, -0.2) is 32.5 Å². The van der Waals surface area contributed by atoms with Crippen molar-refractivity contribution in [2.45, 2.75) is 19.6 Å². The van der Waals surface area contributed by atoms with Crippen LogP contribution in [0, 0.1) is 11.6 Å². The number of imidazole rings is 1. The van der Waals surface area contributed by atoms with Gasteiger partial charge in [-0.1, -0.05) is 18.2 Å². The van der Waals surface area contributed by atoms with Crippen LogP contribution in [0.1, 0.15) is 27.3 Å². The molecular formula is C25H22F2N4O2. The Bertz CT molecular complexity index is 1240. The van der Waals surface area contributed by atoms with Crippen LogP contribution in [0.3, 0.4) is 0 Å². The molecule has 0 fully saturated rings. The number of carbonyl (C=O) groups excluding carboxylic acids is 1. The fraction of sp³-hybridized carbons (Fsp3) is 0.160. The van der Waals surface area contributed by atoms with E-state index in [-0.39, 0.29) is 12.5 Å². The first-order chi connectivity index (χ1) is 16.0. The number of pyridine rings is 1. The zero-order valence-electron chi connectivity index (χ0n) is 18.0. The van der Waals surface area contributed by atoms with E-state index in [0.29, 0.717) is 35.8 Å². The van der Waals surface area contributed by atoms with Gasteiger partial charge >= 0.3 is 0 Å². The van der Waals surface area contributed by atoms with Crippen molar-refractivity contribution in [3.8, 4) is 5.75 Å². The molecular weight excluding hydrogens is 426 g/mol. The Morgan fingerprint density at radius 2 is 1.88 bits per heavy atom. The highest BCUT2D eigenvalue weighted by Gasteiger charge is 2.20. The van der Waals surface area contributed by atoms with Crippen molar-refractivity contribution in [1.29, 1.82) is 0 Å². The zero-order chi connectivity index (χ0) is 23.2. The van der Waals surface area contributed by atoms with Gasteiger partial charge in [0.25, 0.3) is 5.91 Å². The Morgan fingerprint density at radius 3 is 2.64 bits per heavy atom. The van der Waals surface area contributed by atoms with E-state index in [1.807, 2.05) is 16.7 Å². The molecule has 8 heteroatoms. The summed E-state index contributed by atoms with van der Waals surface area (Å²) in [7, 11) is 1.55. The Kier molecular flexibility index (Phi) is 6.73. The SMILES string of the molecule is COc1cccc(C(=O)N(Cc2cccnc2)Cc2nccn2Cc2ccc(F)c(F)c2)c1. The molecule has 0 spiro atoms. The number of halogens is 2. The summed E-state index contributed by atoms with van der Waals surface area (Å²) >= 11 is 0. The minimum Gasteiger partial charge on any atom is -0.497 e. The predicted molar refractivity (Wildman–Crippen MR) is 118 cm³/mol. The topological polar surface area (TPSA) is 60.2 Å². The number of hydrogen-bond acceptors (Lipinski definition) is 4. The summed E-state index contributed by atoms with van der Waals surface area (Å²) in [6.07, 6.45) is 6.74. The molecule has 0 saturated carbocycles. The molecule has 4 rings (SSSR count). The van der Waals surface area contributed by atoms with Crippen molar-refractivity contribution in [1.82, 2.24) is 19.4 Å². The Morgan fingerprint density at radius 1 is 1.00 bits per heavy atom. The molecule has 1 amide bonds. The first-order valence-electron chi connectivity index (χ1n) is 10.3. The third kappa shape index (κ3) is 5.41. The van der Waals surface area contributed by atoms with Gasteiger partial charge in [-0.15, -0.1) is 0 Å². The number of benzene rings is 2. The van der Waals surface area contributed by atoms with E-state index in [1.165, 1.54) is 6.07 Å². The second-order valence-electron chi connectivity index (χ2n) is 7.47. The minimum absolute atomic E-state index is 0.194. The van der Waals surface area contributed by atoms with E-state index in [1.54, 1.807) is 61.1 Å². The fourth-order valence-corrected chi connectivity index (χ4v) is 3.49. The van der Waals surface area contributed by atoms with Crippen molar-refractivity contribution in [2.24, 2.45) is 0 Å². The number of methoxy groups -OCH3 is 1. The highest BCUT2D eigenvalue weighted by Crippen LogP contribution is 2.18. The maximum absolute atomic E-state index is 13.6. The third-order valence-corrected chi connectivity index (χ3v) is 5.17. The third-order valence-electron chi connectivity index (χ3n) is 5.17. The lowest BCUT2D eigenvalue weighted by Gasteiger charge is -2.23. The van der Waals surface area contributed by atoms with Crippen molar-refractivity contribution in [3.63, 3.8) is 0 Å². The molecule has 0 aliphatic rings. The van der Waals surface area contributed by atoms with Gasteiger partial charge in [0.2, 0.25) is 0 Å². The Balaban J connectivity index is 1.61. The number of aromatic nitrogens is 3. The van der Waals surface area contributed by atoms with Gasteiger partial charge in [0.05, 0.1) is 13.7 Å². The van der Waals surface area contributed by atoms with Crippen molar-refractivity contribution in [2.75, 3.05) is 7.11 Å². The first-order valence-corrected chi connectivity index (χ1v) is 10.3. The number of carbonyl (C=O) groups is 1. The fourth-order valence-electron chi connectivity index (χ4n) is 3.49. The summed E-state index contributed by atoms with van der Waals surface area (Å²) in [5.74, 6) is -0.793. The Hall–Kier alpha value is -4.07. The Labute approximate surface area is 190 Å². The molecule has 0 bridgehead atoms. The summed E-state index contributed by atoms with van der Waals surface area (Å²) in [5, 5.41) is 0. The van der Waals surface area contributed by atoms with Crippen LogP contribution in [0.4, 0.5) is 8.78 Å². The molecule has 0 unspecified atom stereocenters. The van der Waals surface area contributed by atoms with Crippen LogP contribution < -0.4 is 4.74 Å². The minimum atomic E-state index is -0.902. The lowest BCUT2D eigenvalue weighted by atomic mass is 10.1. The summed E-state index contributed by atoms with van der Waals surface area (Å²) in [6.45, 7) is 0.824. The lowest BCUT2D eigenvalue weighted by Crippen LogP contribution is -2.31. The van der Waals surface area contributed by atoms with E-state index in [4.69, 9.17) is 4.74 Å². The van der Waals surface area contributed by atoms with Crippen molar-refractivity contribution >= 4 is 5.91 Å². The van der Waals surface area contributed by atoms with E-state index < -0.39 is 11.6 Å². The summed E-state index contributed by atoms with van der Waals surface area (Å²) < 4.78 is 34.0. The molecule has 6 nitrogen and oxygen atoms in total. The number of ether oxygens (including phenoxy) is 1. The number of nitrogens with zero attached hydrogens (tertiary/aromatic N) is 4. The number of amides is 1. The molecule has 2 aromatic carbocycles. The average molecular weight is 448 g/mol. The average Bonchev–Trinajstić information content (AvgIpc) is 3.27. The molecule has 2 heterocycles. The largest absolute Gasteiger partial charge is 0.497 e. The summed E-state index contributed by atoms with van der Waals surface area (Å²) in [6, 6.07) is 14.4. The van der Waals surface area contributed by atoms with Gasteiger partial charge < -0.3 is 14.2 Å². The van der Waals surface area contributed by atoms with Crippen molar-refractivity contribution in [3.05, 3.63) is 114 Å². The normalized spacial score (nSPS) is 10.8. The van der Waals surface area contributed by atoms with E-state index in [9.17, 15) is 13.6 Å². The lowest BCUT2D eigenvalue weighted by molar-refractivity contribution is 0.0723.